The molecule has 0 heterocycles. The summed E-state index contributed by atoms with van der Waals surface area (Å²) < 4.78 is 34.5. The number of guanidine groups is 1. The van der Waals surface area contributed by atoms with Gasteiger partial charge in [0, 0.05) is 31.5 Å². The van der Waals surface area contributed by atoms with E-state index in [0.29, 0.717) is 43.8 Å². The van der Waals surface area contributed by atoms with Gasteiger partial charge >= 0.3 is 0 Å². The molecule has 0 aliphatic rings. The number of rotatable bonds is 11. The molecule has 0 saturated heterocycles. The first-order valence-electron chi connectivity index (χ1n) is 10.4. The third-order valence-electron chi connectivity index (χ3n) is 4.47. The van der Waals surface area contributed by atoms with Gasteiger partial charge in [0.15, 0.2) is 15.8 Å². The van der Waals surface area contributed by atoms with Crippen LogP contribution in [0.4, 0.5) is 0 Å². The molecule has 0 aromatic heterocycles. The van der Waals surface area contributed by atoms with Crippen LogP contribution >= 0.6 is 24.0 Å². The molecule has 0 aliphatic carbocycles. The van der Waals surface area contributed by atoms with Crippen molar-refractivity contribution in [3.8, 4) is 5.75 Å². The average molecular weight is 576 g/mol. The Morgan fingerprint density at radius 3 is 2.38 bits per heavy atom. The summed E-state index contributed by atoms with van der Waals surface area (Å²) >= 11 is 0. The summed E-state index contributed by atoms with van der Waals surface area (Å²) in [5.41, 5.74) is 3.10. The lowest BCUT2D eigenvalue weighted by molar-refractivity contribution is 0.110. The van der Waals surface area contributed by atoms with Gasteiger partial charge in [0.2, 0.25) is 0 Å². The van der Waals surface area contributed by atoms with Crippen LogP contribution in [0.1, 0.15) is 30.5 Å². The summed E-state index contributed by atoms with van der Waals surface area (Å²) in [6, 6.07) is 12.9. The van der Waals surface area contributed by atoms with E-state index in [9.17, 15) is 8.42 Å². The predicted molar refractivity (Wildman–Crippen MR) is 140 cm³/mol. The van der Waals surface area contributed by atoms with Crippen LogP contribution < -0.4 is 15.4 Å². The molecule has 2 aromatic rings. The van der Waals surface area contributed by atoms with Crippen LogP contribution in [0, 0.1) is 6.92 Å². The van der Waals surface area contributed by atoms with Crippen molar-refractivity contribution in [2.75, 3.05) is 32.6 Å². The number of aliphatic imine (C=N–C) groups is 1. The Kier molecular flexibility index (Phi) is 12.6. The van der Waals surface area contributed by atoms with Gasteiger partial charge in [0.05, 0.1) is 18.0 Å². The first kappa shape index (κ1) is 28.2. The third kappa shape index (κ3) is 9.74. The van der Waals surface area contributed by atoms with E-state index in [2.05, 4.69) is 21.7 Å². The zero-order valence-electron chi connectivity index (χ0n) is 19.2. The molecule has 2 N–H and O–H groups in total. The fourth-order valence-corrected chi connectivity index (χ4v) is 3.46. The fraction of sp³-hybridized carbons (Fsp3) is 0.435. The van der Waals surface area contributed by atoms with Crippen LogP contribution in [0.2, 0.25) is 0 Å². The van der Waals surface area contributed by atoms with Crippen molar-refractivity contribution >= 4 is 39.8 Å². The van der Waals surface area contributed by atoms with Crippen molar-refractivity contribution in [1.29, 1.82) is 0 Å². The Morgan fingerprint density at radius 1 is 1.03 bits per heavy atom. The molecule has 0 aliphatic heterocycles. The summed E-state index contributed by atoms with van der Waals surface area (Å²) in [7, 11) is -3.20. The normalized spacial score (nSPS) is 11.6. The van der Waals surface area contributed by atoms with Gasteiger partial charge in [0.1, 0.15) is 12.4 Å². The first-order chi connectivity index (χ1) is 14.8. The molecular weight excluding hydrogens is 541 g/mol. The Morgan fingerprint density at radius 2 is 1.75 bits per heavy atom. The Hall–Kier alpha value is -1.85. The molecule has 0 saturated carbocycles. The van der Waals surface area contributed by atoms with Crippen LogP contribution in [0.15, 0.2) is 52.4 Å². The van der Waals surface area contributed by atoms with Gasteiger partial charge in [-0.05, 0) is 50.1 Å². The number of sulfone groups is 1. The molecule has 0 bridgehead atoms. The Labute approximate surface area is 208 Å². The molecule has 9 heteroatoms. The molecule has 0 unspecified atom stereocenters. The van der Waals surface area contributed by atoms with Crippen LogP contribution in [0.25, 0.3) is 0 Å². The van der Waals surface area contributed by atoms with Crippen molar-refractivity contribution < 1.29 is 17.9 Å². The largest absolute Gasteiger partial charge is 0.491 e. The van der Waals surface area contributed by atoms with Gasteiger partial charge in [-0.3, -0.25) is 0 Å². The van der Waals surface area contributed by atoms with Crippen LogP contribution in [-0.4, -0.2) is 47.0 Å². The molecule has 32 heavy (non-hydrogen) atoms. The van der Waals surface area contributed by atoms with E-state index >= 15 is 0 Å². The number of aryl methyl sites for hydroxylation is 1. The minimum atomic E-state index is -3.20. The molecule has 0 atom stereocenters. The average Bonchev–Trinajstić information content (AvgIpc) is 2.74. The molecule has 7 nitrogen and oxygen atoms in total. The number of nitrogens with one attached hydrogen (secondary N) is 2. The molecule has 178 valence electrons. The number of hydrogen-bond acceptors (Lipinski definition) is 5. The van der Waals surface area contributed by atoms with Gasteiger partial charge < -0.3 is 20.1 Å². The maximum absolute atomic E-state index is 11.6. The van der Waals surface area contributed by atoms with E-state index in [-0.39, 0.29) is 24.0 Å². The summed E-state index contributed by atoms with van der Waals surface area (Å²) in [5.74, 6) is 1.51. The smallest absolute Gasteiger partial charge is 0.191 e. The third-order valence-corrected chi connectivity index (χ3v) is 5.60. The number of hydrogen-bond donors (Lipinski definition) is 2. The van der Waals surface area contributed by atoms with E-state index in [1.165, 1.54) is 6.26 Å². The van der Waals surface area contributed by atoms with Gasteiger partial charge in [-0.15, -0.1) is 24.0 Å². The Balaban J connectivity index is 0.00000512. The topological polar surface area (TPSA) is 89.0 Å². The molecule has 0 fully saturated rings. The minimum Gasteiger partial charge on any atom is -0.491 e. The summed E-state index contributed by atoms with van der Waals surface area (Å²) in [5, 5.41) is 6.57. The number of nitrogens with zero attached hydrogens (tertiary/aromatic N) is 1. The lowest BCUT2D eigenvalue weighted by Gasteiger charge is -2.15. The molecule has 2 aromatic carbocycles. The summed E-state index contributed by atoms with van der Waals surface area (Å²) in [4.78, 5) is 4.92. The lowest BCUT2D eigenvalue weighted by atomic mass is 10.1. The van der Waals surface area contributed by atoms with E-state index in [1.54, 1.807) is 24.3 Å². The van der Waals surface area contributed by atoms with Crippen molar-refractivity contribution in [3.05, 3.63) is 59.2 Å². The van der Waals surface area contributed by atoms with Crippen molar-refractivity contribution in [3.63, 3.8) is 0 Å². The quantitative estimate of drug-likeness (QED) is 0.184. The minimum absolute atomic E-state index is 0. The summed E-state index contributed by atoms with van der Waals surface area (Å²) in [6.45, 7) is 9.45. The maximum atomic E-state index is 11.6. The monoisotopic (exact) mass is 575 g/mol. The highest BCUT2D eigenvalue weighted by molar-refractivity contribution is 14.0. The van der Waals surface area contributed by atoms with Crippen LogP contribution in [0.5, 0.6) is 5.75 Å². The van der Waals surface area contributed by atoms with Gasteiger partial charge in [-0.2, -0.15) is 0 Å². The standard InChI is InChI=1S/C23H33N3O4S.HI/c1-5-24-23(25-16-19-8-11-21(12-9-19)31(4,27)28)26-17-20-10-7-18(3)15-22(20)30-14-13-29-6-2;/h7-12,15H,5-6,13-14,16-17H2,1-4H3,(H2,24,25,26);1H. The highest BCUT2D eigenvalue weighted by Gasteiger charge is 2.08. The zero-order chi connectivity index (χ0) is 22.7. The molecule has 0 radical (unpaired) electrons. The molecule has 0 spiro atoms. The van der Waals surface area contributed by atoms with Gasteiger partial charge in [-0.25, -0.2) is 13.4 Å². The van der Waals surface area contributed by atoms with Crippen molar-refractivity contribution in [1.82, 2.24) is 10.6 Å². The second-order valence-electron chi connectivity index (χ2n) is 7.12. The first-order valence-corrected chi connectivity index (χ1v) is 12.3. The van der Waals surface area contributed by atoms with E-state index in [0.717, 1.165) is 29.0 Å². The van der Waals surface area contributed by atoms with Crippen molar-refractivity contribution in [2.45, 2.75) is 38.8 Å². The molecule has 0 amide bonds. The van der Waals surface area contributed by atoms with E-state index in [4.69, 9.17) is 9.47 Å². The highest BCUT2D eigenvalue weighted by Crippen LogP contribution is 2.20. The van der Waals surface area contributed by atoms with Crippen LogP contribution in [0.3, 0.4) is 0 Å². The fourth-order valence-electron chi connectivity index (χ4n) is 2.83. The van der Waals surface area contributed by atoms with Gasteiger partial charge in [-0.1, -0.05) is 24.3 Å². The molecule has 2 rings (SSSR count). The number of benzene rings is 2. The molecular formula is C23H34IN3O4S. The van der Waals surface area contributed by atoms with Crippen molar-refractivity contribution in [2.24, 2.45) is 4.99 Å². The maximum Gasteiger partial charge on any atom is 0.191 e. The van der Waals surface area contributed by atoms with Crippen LogP contribution in [-0.2, 0) is 27.7 Å². The van der Waals surface area contributed by atoms with E-state index in [1.807, 2.05) is 32.9 Å². The zero-order valence-corrected chi connectivity index (χ0v) is 22.3. The number of ether oxygens (including phenoxy) is 2. The lowest BCUT2D eigenvalue weighted by Crippen LogP contribution is -2.36. The second-order valence-corrected chi connectivity index (χ2v) is 9.14. The highest BCUT2D eigenvalue weighted by atomic mass is 127. The number of halogens is 1. The predicted octanol–water partition coefficient (Wildman–Crippen LogP) is 3.69. The summed E-state index contributed by atoms with van der Waals surface area (Å²) in [6.07, 6.45) is 1.20. The van der Waals surface area contributed by atoms with Gasteiger partial charge in [0.25, 0.3) is 0 Å². The Bertz CT molecular complexity index is 964. The van der Waals surface area contributed by atoms with E-state index < -0.39 is 9.84 Å². The SMILES string of the molecule is CCNC(=NCc1ccc(S(C)(=O)=O)cc1)NCc1ccc(C)cc1OCCOCC.I. The second kappa shape index (κ2) is 14.3.